The molecule has 0 heterocycles. The summed E-state index contributed by atoms with van der Waals surface area (Å²) in [6.45, 7) is -2.09. The largest absolute Gasteiger partial charge is 0.432 e. The lowest BCUT2D eigenvalue weighted by Gasteiger charge is -2.12. The number of hydrogen-bond donors (Lipinski definition) is 1. The van der Waals surface area contributed by atoms with Gasteiger partial charge in [-0.05, 0) is 30.9 Å². The van der Waals surface area contributed by atoms with Crippen LogP contribution >= 0.6 is 23.2 Å². The Hall–Kier alpha value is -0.740. The first-order valence-corrected chi connectivity index (χ1v) is 5.99. The van der Waals surface area contributed by atoms with Gasteiger partial charge >= 0.3 is 6.61 Å². The number of hydrogen-bond acceptors (Lipinski definition) is 2. The van der Waals surface area contributed by atoms with Gasteiger partial charge in [-0.3, -0.25) is 0 Å². The van der Waals surface area contributed by atoms with Gasteiger partial charge in [0.15, 0.2) is 5.75 Å². The Bertz CT molecular complexity index is 387. The van der Waals surface area contributed by atoms with E-state index in [-0.39, 0.29) is 15.8 Å². The highest BCUT2D eigenvalue weighted by Crippen LogP contribution is 2.37. The Morgan fingerprint density at radius 2 is 1.88 bits per heavy atom. The Labute approximate surface area is 108 Å². The van der Waals surface area contributed by atoms with E-state index in [0.717, 1.165) is 6.54 Å². The van der Waals surface area contributed by atoms with E-state index < -0.39 is 6.61 Å². The van der Waals surface area contributed by atoms with Crippen LogP contribution in [-0.2, 0) is 0 Å². The molecule has 2 rings (SSSR count). The van der Waals surface area contributed by atoms with Gasteiger partial charge in [0, 0.05) is 12.2 Å². The molecule has 1 aromatic carbocycles. The van der Waals surface area contributed by atoms with E-state index in [0.29, 0.717) is 11.6 Å². The van der Waals surface area contributed by atoms with Crippen molar-refractivity contribution < 1.29 is 13.5 Å². The third-order valence-electron chi connectivity index (χ3n) is 2.50. The van der Waals surface area contributed by atoms with Crippen molar-refractivity contribution in [3.05, 3.63) is 22.2 Å². The Morgan fingerprint density at radius 1 is 1.29 bits per heavy atom. The molecule has 1 fully saturated rings. The van der Waals surface area contributed by atoms with Crippen molar-refractivity contribution in [3.63, 3.8) is 0 Å². The van der Waals surface area contributed by atoms with Crippen LogP contribution in [0, 0.1) is 5.92 Å². The fourth-order valence-corrected chi connectivity index (χ4v) is 2.02. The minimum Gasteiger partial charge on any atom is -0.432 e. The maximum absolute atomic E-state index is 12.1. The van der Waals surface area contributed by atoms with Crippen LogP contribution in [0.3, 0.4) is 0 Å². The van der Waals surface area contributed by atoms with Crippen molar-refractivity contribution in [2.75, 3.05) is 11.9 Å². The van der Waals surface area contributed by atoms with E-state index >= 15 is 0 Å². The normalized spacial score (nSPS) is 15.1. The summed E-state index contributed by atoms with van der Waals surface area (Å²) in [6, 6.07) is 3.07. The van der Waals surface area contributed by atoms with E-state index in [9.17, 15) is 8.78 Å². The van der Waals surface area contributed by atoms with Crippen LogP contribution in [0.15, 0.2) is 12.1 Å². The van der Waals surface area contributed by atoms with Crippen molar-refractivity contribution in [3.8, 4) is 5.75 Å². The van der Waals surface area contributed by atoms with E-state index in [1.165, 1.54) is 25.0 Å². The van der Waals surface area contributed by atoms with Gasteiger partial charge in [0.25, 0.3) is 0 Å². The lowest BCUT2D eigenvalue weighted by Crippen LogP contribution is -2.05. The molecule has 17 heavy (non-hydrogen) atoms. The number of rotatable bonds is 5. The third-order valence-corrected chi connectivity index (χ3v) is 3.06. The Morgan fingerprint density at radius 3 is 2.35 bits per heavy atom. The predicted octanol–water partition coefficient (Wildman–Crippen LogP) is 4.42. The monoisotopic (exact) mass is 281 g/mol. The lowest BCUT2D eigenvalue weighted by molar-refractivity contribution is -0.0497. The first kappa shape index (κ1) is 12.7. The molecule has 1 N–H and O–H groups in total. The minimum absolute atomic E-state index is 0.0797. The van der Waals surface area contributed by atoms with Gasteiger partial charge in [-0.25, -0.2) is 0 Å². The molecule has 6 heteroatoms. The van der Waals surface area contributed by atoms with Crippen LogP contribution < -0.4 is 10.1 Å². The topological polar surface area (TPSA) is 21.3 Å². The number of nitrogens with one attached hydrogen (secondary N) is 1. The smallest absolute Gasteiger partial charge is 0.387 e. The van der Waals surface area contributed by atoms with E-state index in [4.69, 9.17) is 23.2 Å². The Kier molecular flexibility index (Phi) is 3.94. The van der Waals surface area contributed by atoms with E-state index in [2.05, 4.69) is 10.1 Å². The van der Waals surface area contributed by atoms with Crippen LogP contribution in [0.4, 0.5) is 14.5 Å². The van der Waals surface area contributed by atoms with Crippen LogP contribution in [0.1, 0.15) is 12.8 Å². The predicted molar refractivity (Wildman–Crippen MR) is 64.3 cm³/mol. The molecule has 0 unspecified atom stereocenters. The average Bonchev–Trinajstić information content (AvgIpc) is 3.04. The van der Waals surface area contributed by atoms with E-state index in [1.807, 2.05) is 0 Å². The average molecular weight is 282 g/mol. The molecule has 1 aliphatic rings. The molecule has 0 atom stereocenters. The number of ether oxygens (including phenoxy) is 1. The maximum Gasteiger partial charge on any atom is 0.387 e. The number of halogens is 4. The highest BCUT2D eigenvalue weighted by molar-refractivity contribution is 6.37. The van der Waals surface area contributed by atoms with Crippen molar-refractivity contribution in [2.45, 2.75) is 19.5 Å². The number of alkyl halides is 2. The summed E-state index contributed by atoms with van der Waals surface area (Å²) < 4.78 is 28.4. The number of benzene rings is 1. The van der Waals surface area contributed by atoms with Gasteiger partial charge in [0.2, 0.25) is 0 Å². The third kappa shape index (κ3) is 3.61. The molecule has 2 nitrogen and oxygen atoms in total. The fourth-order valence-electron chi connectivity index (χ4n) is 1.45. The highest BCUT2D eigenvalue weighted by Gasteiger charge is 2.21. The molecular formula is C11H11Cl2F2NO. The first-order chi connectivity index (χ1) is 8.06. The molecule has 94 valence electrons. The van der Waals surface area contributed by atoms with Gasteiger partial charge < -0.3 is 10.1 Å². The molecule has 0 radical (unpaired) electrons. The second-order valence-corrected chi connectivity index (χ2v) is 4.79. The standard InChI is InChI=1S/C11H11Cl2F2NO/c12-8-3-7(16-5-6-1-2-6)4-9(13)10(8)17-11(14)15/h3-4,6,11,16H,1-2,5H2. The molecule has 0 aliphatic heterocycles. The van der Waals surface area contributed by atoms with Crippen LogP contribution in [0.5, 0.6) is 5.75 Å². The molecule has 0 amide bonds. The Balaban J connectivity index is 2.09. The number of anilines is 1. The molecule has 0 spiro atoms. The molecule has 0 aromatic heterocycles. The summed E-state index contributed by atoms with van der Waals surface area (Å²) in [5.74, 6) is 0.518. The summed E-state index contributed by atoms with van der Waals surface area (Å²) in [5.41, 5.74) is 0.716. The van der Waals surface area contributed by atoms with Crippen molar-refractivity contribution in [2.24, 2.45) is 5.92 Å². The summed E-state index contributed by atoms with van der Waals surface area (Å²) in [7, 11) is 0. The zero-order chi connectivity index (χ0) is 12.4. The highest BCUT2D eigenvalue weighted by atomic mass is 35.5. The molecule has 0 saturated heterocycles. The summed E-state index contributed by atoms with van der Waals surface area (Å²) >= 11 is 11.7. The zero-order valence-electron chi connectivity index (χ0n) is 8.85. The molecule has 1 aliphatic carbocycles. The molecule has 1 saturated carbocycles. The van der Waals surface area contributed by atoms with Crippen molar-refractivity contribution in [1.29, 1.82) is 0 Å². The van der Waals surface area contributed by atoms with Crippen LogP contribution in [-0.4, -0.2) is 13.2 Å². The van der Waals surface area contributed by atoms with E-state index in [1.54, 1.807) is 0 Å². The fraction of sp³-hybridized carbons (Fsp3) is 0.455. The second kappa shape index (κ2) is 5.27. The van der Waals surface area contributed by atoms with Gasteiger partial charge in [-0.2, -0.15) is 8.78 Å². The molecule has 1 aromatic rings. The van der Waals surface area contributed by atoms with Crippen LogP contribution in [0.2, 0.25) is 10.0 Å². The quantitative estimate of drug-likeness (QED) is 0.863. The van der Waals surface area contributed by atoms with Crippen molar-refractivity contribution >= 4 is 28.9 Å². The second-order valence-electron chi connectivity index (χ2n) is 3.97. The SMILES string of the molecule is FC(F)Oc1c(Cl)cc(NCC2CC2)cc1Cl. The minimum atomic E-state index is -2.93. The summed E-state index contributed by atoms with van der Waals surface area (Å²) in [4.78, 5) is 0. The molecular weight excluding hydrogens is 271 g/mol. The van der Waals surface area contributed by atoms with Crippen molar-refractivity contribution in [1.82, 2.24) is 0 Å². The summed E-state index contributed by atoms with van der Waals surface area (Å²) in [6.07, 6.45) is 2.45. The maximum atomic E-state index is 12.1. The summed E-state index contributed by atoms with van der Waals surface area (Å²) in [5, 5.41) is 3.32. The zero-order valence-corrected chi connectivity index (χ0v) is 10.4. The first-order valence-electron chi connectivity index (χ1n) is 5.24. The van der Waals surface area contributed by atoms with Gasteiger partial charge in [0.1, 0.15) is 0 Å². The van der Waals surface area contributed by atoms with Gasteiger partial charge in [-0.1, -0.05) is 23.2 Å². The van der Waals surface area contributed by atoms with Gasteiger partial charge in [-0.15, -0.1) is 0 Å². The van der Waals surface area contributed by atoms with Gasteiger partial charge in [0.05, 0.1) is 10.0 Å². The molecule has 0 bridgehead atoms. The van der Waals surface area contributed by atoms with Crippen LogP contribution in [0.25, 0.3) is 0 Å². The lowest BCUT2D eigenvalue weighted by atomic mass is 10.3.